The number of hydrogen-bond acceptors (Lipinski definition) is 3. The Kier molecular flexibility index (Phi) is 4.78. The van der Waals surface area contributed by atoms with E-state index in [-0.39, 0.29) is 0 Å². The van der Waals surface area contributed by atoms with Crippen LogP contribution in [0.25, 0.3) is 0 Å². The zero-order valence-electron chi connectivity index (χ0n) is 11.9. The van der Waals surface area contributed by atoms with Crippen molar-refractivity contribution in [3.05, 3.63) is 18.2 Å². The van der Waals surface area contributed by atoms with E-state index < -0.39 is 0 Å². The first-order chi connectivity index (χ1) is 8.66. The molecule has 1 saturated heterocycles. The van der Waals surface area contributed by atoms with Crippen LogP contribution < -0.4 is 5.32 Å². The second kappa shape index (κ2) is 6.34. The highest BCUT2D eigenvalue weighted by molar-refractivity contribution is 4.89. The summed E-state index contributed by atoms with van der Waals surface area (Å²) in [4.78, 5) is 6.89. The lowest BCUT2D eigenvalue weighted by molar-refractivity contribution is 0.234. The Bertz CT molecular complexity index is 358. The van der Waals surface area contributed by atoms with Crippen molar-refractivity contribution in [2.45, 2.75) is 52.2 Å². The van der Waals surface area contributed by atoms with Crippen LogP contribution >= 0.6 is 0 Å². The van der Waals surface area contributed by atoms with Gasteiger partial charge < -0.3 is 9.88 Å². The lowest BCUT2D eigenvalue weighted by atomic mass is 10.2. The van der Waals surface area contributed by atoms with E-state index in [4.69, 9.17) is 0 Å². The maximum Gasteiger partial charge on any atom is 0.105 e. The van der Waals surface area contributed by atoms with Gasteiger partial charge in [-0.3, -0.25) is 4.90 Å². The van der Waals surface area contributed by atoms with Gasteiger partial charge in [0.2, 0.25) is 0 Å². The summed E-state index contributed by atoms with van der Waals surface area (Å²) in [5.74, 6) is 1.12. The van der Waals surface area contributed by atoms with Crippen molar-refractivity contribution in [1.29, 1.82) is 0 Å². The number of likely N-dealkylation sites (tertiary alicyclic amines) is 1. The molecule has 2 rings (SSSR count). The quantitative estimate of drug-likeness (QED) is 0.833. The highest BCUT2D eigenvalue weighted by Crippen LogP contribution is 2.16. The second-order valence-corrected chi connectivity index (χ2v) is 5.56. The van der Waals surface area contributed by atoms with Gasteiger partial charge in [-0.05, 0) is 26.3 Å². The van der Waals surface area contributed by atoms with Gasteiger partial charge in [-0.2, -0.15) is 0 Å². The molecule has 1 aromatic heterocycles. The van der Waals surface area contributed by atoms with Crippen molar-refractivity contribution in [2.75, 3.05) is 19.6 Å². The van der Waals surface area contributed by atoms with Crippen molar-refractivity contribution in [2.24, 2.45) is 0 Å². The van der Waals surface area contributed by atoms with Crippen LogP contribution in [0.5, 0.6) is 0 Å². The summed E-state index contributed by atoms with van der Waals surface area (Å²) in [5, 5.41) is 3.56. The maximum absolute atomic E-state index is 4.27. The van der Waals surface area contributed by atoms with Crippen LogP contribution in [0.4, 0.5) is 0 Å². The number of hydrogen-bond donors (Lipinski definition) is 1. The summed E-state index contributed by atoms with van der Waals surface area (Å²) in [6.45, 7) is 11.1. The Balaban J connectivity index is 1.79. The third-order valence-corrected chi connectivity index (χ3v) is 3.81. The monoisotopic (exact) mass is 250 g/mol. The summed E-state index contributed by atoms with van der Waals surface area (Å²) in [6.07, 6.45) is 6.64. The fourth-order valence-corrected chi connectivity index (χ4v) is 2.67. The SMILES string of the molecule is Cc1nccn1CCN1CCCC1CNC(C)C. The molecular formula is C14H26N4. The molecule has 1 N–H and O–H groups in total. The minimum atomic E-state index is 0.586. The first-order valence-corrected chi connectivity index (χ1v) is 7.12. The molecule has 4 nitrogen and oxygen atoms in total. The lowest BCUT2D eigenvalue weighted by Gasteiger charge is -2.26. The number of rotatable bonds is 6. The molecule has 0 aromatic carbocycles. The third-order valence-electron chi connectivity index (χ3n) is 3.81. The number of aryl methyl sites for hydroxylation is 1. The average molecular weight is 250 g/mol. The van der Waals surface area contributed by atoms with E-state index in [0.717, 1.165) is 31.5 Å². The Morgan fingerprint density at radius 3 is 2.94 bits per heavy atom. The zero-order valence-corrected chi connectivity index (χ0v) is 11.9. The Hall–Kier alpha value is -0.870. The standard InChI is InChI=1S/C14H26N4/c1-12(2)16-11-14-5-4-7-18(14)10-9-17-8-6-15-13(17)3/h6,8,12,14,16H,4-5,7,9-11H2,1-3H3. The van der Waals surface area contributed by atoms with Crippen LogP contribution in [-0.2, 0) is 6.54 Å². The molecule has 0 aliphatic carbocycles. The topological polar surface area (TPSA) is 33.1 Å². The smallest absolute Gasteiger partial charge is 0.105 e. The predicted octanol–water partition coefficient (Wildman–Crippen LogP) is 1.65. The minimum Gasteiger partial charge on any atom is -0.334 e. The molecule has 18 heavy (non-hydrogen) atoms. The molecule has 1 aliphatic heterocycles. The first kappa shape index (κ1) is 13.6. The van der Waals surface area contributed by atoms with Gasteiger partial charge in [0.15, 0.2) is 0 Å². The summed E-state index contributed by atoms with van der Waals surface area (Å²) in [7, 11) is 0. The molecule has 1 fully saturated rings. The van der Waals surface area contributed by atoms with Crippen molar-refractivity contribution in [3.8, 4) is 0 Å². The van der Waals surface area contributed by atoms with Crippen LogP contribution in [0.15, 0.2) is 12.4 Å². The van der Waals surface area contributed by atoms with Gasteiger partial charge in [0.05, 0.1) is 0 Å². The number of imidazole rings is 1. The fraction of sp³-hybridized carbons (Fsp3) is 0.786. The maximum atomic E-state index is 4.27. The third kappa shape index (κ3) is 3.56. The van der Waals surface area contributed by atoms with Crippen molar-refractivity contribution in [1.82, 2.24) is 19.8 Å². The molecule has 1 aromatic rings. The molecule has 1 unspecified atom stereocenters. The van der Waals surface area contributed by atoms with Crippen molar-refractivity contribution >= 4 is 0 Å². The second-order valence-electron chi connectivity index (χ2n) is 5.56. The molecule has 0 radical (unpaired) electrons. The summed E-state index contributed by atoms with van der Waals surface area (Å²) in [6, 6.07) is 1.31. The Morgan fingerprint density at radius 1 is 1.44 bits per heavy atom. The fourth-order valence-electron chi connectivity index (χ4n) is 2.67. The van der Waals surface area contributed by atoms with E-state index in [1.807, 2.05) is 6.20 Å². The van der Waals surface area contributed by atoms with Gasteiger partial charge in [0.1, 0.15) is 5.82 Å². The van der Waals surface area contributed by atoms with E-state index in [9.17, 15) is 0 Å². The molecule has 0 amide bonds. The number of nitrogens with one attached hydrogen (secondary N) is 1. The largest absolute Gasteiger partial charge is 0.334 e. The normalized spacial score (nSPS) is 21.0. The highest BCUT2D eigenvalue weighted by Gasteiger charge is 2.23. The van der Waals surface area contributed by atoms with E-state index in [1.54, 1.807) is 0 Å². The van der Waals surface area contributed by atoms with Crippen molar-refractivity contribution < 1.29 is 0 Å². The number of aromatic nitrogens is 2. The van der Waals surface area contributed by atoms with E-state index in [2.05, 4.69) is 46.7 Å². The van der Waals surface area contributed by atoms with E-state index in [1.165, 1.54) is 19.4 Å². The lowest BCUT2D eigenvalue weighted by Crippen LogP contribution is -2.41. The molecule has 0 bridgehead atoms. The summed E-state index contributed by atoms with van der Waals surface area (Å²) in [5.41, 5.74) is 0. The zero-order chi connectivity index (χ0) is 13.0. The predicted molar refractivity (Wildman–Crippen MR) is 74.7 cm³/mol. The van der Waals surface area contributed by atoms with Crippen LogP contribution in [0.3, 0.4) is 0 Å². The van der Waals surface area contributed by atoms with Gasteiger partial charge in [-0.1, -0.05) is 13.8 Å². The van der Waals surface area contributed by atoms with Crippen molar-refractivity contribution in [3.63, 3.8) is 0 Å². The van der Waals surface area contributed by atoms with Gasteiger partial charge >= 0.3 is 0 Å². The highest BCUT2D eigenvalue weighted by atomic mass is 15.2. The molecular weight excluding hydrogens is 224 g/mol. The van der Waals surface area contributed by atoms with Crippen LogP contribution in [0.1, 0.15) is 32.5 Å². The molecule has 4 heteroatoms. The first-order valence-electron chi connectivity index (χ1n) is 7.12. The molecule has 102 valence electrons. The van der Waals surface area contributed by atoms with E-state index in [0.29, 0.717) is 6.04 Å². The van der Waals surface area contributed by atoms with Gasteiger partial charge in [-0.25, -0.2) is 4.98 Å². The molecule has 2 heterocycles. The molecule has 1 aliphatic rings. The average Bonchev–Trinajstić information content (AvgIpc) is 2.92. The van der Waals surface area contributed by atoms with Crippen LogP contribution in [0.2, 0.25) is 0 Å². The van der Waals surface area contributed by atoms with E-state index >= 15 is 0 Å². The van der Waals surface area contributed by atoms with Gasteiger partial charge in [-0.15, -0.1) is 0 Å². The van der Waals surface area contributed by atoms with Crippen LogP contribution in [0, 0.1) is 6.92 Å². The van der Waals surface area contributed by atoms with Gasteiger partial charge in [0.25, 0.3) is 0 Å². The Morgan fingerprint density at radius 2 is 2.28 bits per heavy atom. The number of nitrogens with zero attached hydrogens (tertiary/aromatic N) is 3. The Labute approximate surface area is 110 Å². The molecule has 1 atom stereocenters. The minimum absolute atomic E-state index is 0.586. The molecule has 0 saturated carbocycles. The summed E-state index contributed by atoms with van der Waals surface area (Å²) >= 11 is 0. The molecule has 0 spiro atoms. The van der Waals surface area contributed by atoms with Gasteiger partial charge in [0, 0.05) is 44.1 Å². The summed E-state index contributed by atoms with van der Waals surface area (Å²) < 4.78 is 2.24. The van der Waals surface area contributed by atoms with Crippen LogP contribution in [-0.4, -0.2) is 46.2 Å².